The van der Waals surface area contributed by atoms with E-state index >= 15 is 0 Å². The highest BCUT2D eigenvalue weighted by Gasteiger charge is 2.03. The number of aryl methyl sites for hydroxylation is 1. The molecule has 0 bridgehead atoms. The van der Waals surface area contributed by atoms with Gasteiger partial charge in [0.1, 0.15) is 11.0 Å². The van der Waals surface area contributed by atoms with Crippen LogP contribution in [0.25, 0.3) is 0 Å². The van der Waals surface area contributed by atoms with Crippen molar-refractivity contribution >= 4 is 23.1 Å². The maximum Gasteiger partial charge on any atom is 0.150 e. The molecule has 3 N–H and O–H groups in total. The summed E-state index contributed by atoms with van der Waals surface area (Å²) in [4.78, 5) is 8.35. The molecule has 0 unspecified atom stereocenters. The summed E-state index contributed by atoms with van der Waals surface area (Å²) >= 11 is 5.80. The van der Waals surface area contributed by atoms with Crippen LogP contribution < -0.4 is 11.1 Å². The Morgan fingerprint density at radius 3 is 3.00 bits per heavy atom. The molecule has 0 aliphatic rings. The maximum atomic E-state index is 5.80. The molecule has 0 aromatic carbocycles. The highest BCUT2D eigenvalue weighted by molar-refractivity contribution is 6.29. The lowest BCUT2D eigenvalue weighted by Crippen LogP contribution is -2.11. The van der Waals surface area contributed by atoms with Crippen LogP contribution in [-0.4, -0.2) is 21.1 Å². The number of nitrogens with one attached hydrogen (secondary N) is 1. The number of halogens is 1. The number of rotatable bonds is 4. The minimum atomic E-state index is 0.429. The third-order valence-electron chi connectivity index (χ3n) is 2.45. The lowest BCUT2D eigenvalue weighted by Gasteiger charge is -2.08. The second-order valence-corrected chi connectivity index (χ2v) is 4.09. The highest BCUT2D eigenvalue weighted by Crippen LogP contribution is 2.18. The number of anilines is 2. The number of hydrogen-bond donors (Lipinski definition) is 2. The molecule has 2 aromatic heterocycles. The van der Waals surface area contributed by atoms with Crippen LogP contribution in [0.1, 0.15) is 5.82 Å². The summed E-state index contributed by atoms with van der Waals surface area (Å²) in [7, 11) is 1.97. The normalized spacial score (nSPS) is 10.5. The van der Waals surface area contributed by atoms with E-state index < -0.39 is 0 Å². The monoisotopic (exact) mass is 251 g/mol. The van der Waals surface area contributed by atoms with Crippen molar-refractivity contribution in [2.75, 3.05) is 17.6 Å². The molecule has 2 rings (SSSR count). The average molecular weight is 252 g/mol. The zero-order chi connectivity index (χ0) is 12.3. The van der Waals surface area contributed by atoms with Gasteiger partial charge in [0, 0.05) is 32.4 Å². The number of imidazole rings is 1. The molecule has 5 nitrogen and oxygen atoms in total. The molecule has 0 saturated carbocycles. The topological polar surface area (TPSA) is 68.8 Å². The van der Waals surface area contributed by atoms with Crippen molar-refractivity contribution in [3.05, 3.63) is 35.5 Å². The van der Waals surface area contributed by atoms with E-state index in [-0.39, 0.29) is 0 Å². The Kier molecular flexibility index (Phi) is 3.49. The number of aromatic nitrogens is 3. The second kappa shape index (κ2) is 5.05. The van der Waals surface area contributed by atoms with E-state index in [1.165, 1.54) is 0 Å². The third-order valence-corrected chi connectivity index (χ3v) is 2.66. The molecule has 90 valence electrons. The molecule has 6 heteroatoms. The lowest BCUT2D eigenvalue weighted by molar-refractivity contribution is 0.788. The molecule has 0 saturated heterocycles. The summed E-state index contributed by atoms with van der Waals surface area (Å²) in [6.45, 7) is 0.711. The summed E-state index contributed by atoms with van der Waals surface area (Å²) < 4.78 is 1.98. The van der Waals surface area contributed by atoms with E-state index in [1.54, 1.807) is 18.3 Å². The molecule has 2 aromatic rings. The van der Waals surface area contributed by atoms with Gasteiger partial charge in [-0.15, -0.1) is 0 Å². The van der Waals surface area contributed by atoms with E-state index in [0.29, 0.717) is 23.2 Å². The zero-order valence-corrected chi connectivity index (χ0v) is 10.3. The predicted molar refractivity (Wildman–Crippen MR) is 69.1 cm³/mol. The predicted octanol–water partition coefficient (Wildman–Crippen LogP) is 1.71. The molecule has 0 atom stereocenters. The van der Waals surface area contributed by atoms with Crippen molar-refractivity contribution in [1.29, 1.82) is 0 Å². The van der Waals surface area contributed by atoms with E-state index in [9.17, 15) is 0 Å². The summed E-state index contributed by atoms with van der Waals surface area (Å²) in [5.74, 6) is 1.63. The van der Waals surface area contributed by atoms with Gasteiger partial charge >= 0.3 is 0 Å². The number of nitrogens with two attached hydrogens (primary N) is 1. The Labute approximate surface area is 105 Å². The smallest absolute Gasteiger partial charge is 0.150 e. The fourth-order valence-electron chi connectivity index (χ4n) is 1.52. The van der Waals surface area contributed by atoms with Crippen LogP contribution in [0.4, 0.5) is 11.5 Å². The first-order valence-corrected chi connectivity index (χ1v) is 5.66. The Morgan fingerprint density at radius 2 is 2.29 bits per heavy atom. The first-order chi connectivity index (χ1) is 8.16. The van der Waals surface area contributed by atoms with Gasteiger partial charge in [-0.05, 0) is 12.1 Å². The molecule has 0 amide bonds. The van der Waals surface area contributed by atoms with Crippen LogP contribution in [0.5, 0.6) is 0 Å². The average Bonchev–Trinajstić information content (AvgIpc) is 2.70. The van der Waals surface area contributed by atoms with Crippen LogP contribution >= 0.6 is 11.6 Å². The molecule has 0 fully saturated rings. The Bertz CT molecular complexity index is 508. The van der Waals surface area contributed by atoms with E-state index in [4.69, 9.17) is 17.3 Å². The quantitative estimate of drug-likeness (QED) is 0.812. The molecular weight excluding hydrogens is 238 g/mol. The molecule has 2 heterocycles. The first-order valence-electron chi connectivity index (χ1n) is 5.29. The van der Waals surface area contributed by atoms with Gasteiger partial charge in [-0.2, -0.15) is 0 Å². The standard InChI is InChI=1S/C11H14ClN5/c1-17-7-6-14-10(17)4-5-15-11-8(13)2-3-9(12)16-11/h2-3,6-7H,4-5,13H2,1H3,(H,15,16). The summed E-state index contributed by atoms with van der Waals surface area (Å²) in [6, 6.07) is 3.40. The van der Waals surface area contributed by atoms with Crippen molar-refractivity contribution in [2.24, 2.45) is 7.05 Å². The SMILES string of the molecule is Cn1ccnc1CCNc1nc(Cl)ccc1N. The van der Waals surface area contributed by atoms with Crippen molar-refractivity contribution in [3.63, 3.8) is 0 Å². The van der Waals surface area contributed by atoms with E-state index in [1.807, 2.05) is 17.8 Å². The maximum absolute atomic E-state index is 5.80. The molecule has 0 radical (unpaired) electrons. The van der Waals surface area contributed by atoms with Crippen molar-refractivity contribution in [2.45, 2.75) is 6.42 Å². The van der Waals surface area contributed by atoms with Crippen LogP contribution in [-0.2, 0) is 13.5 Å². The van der Waals surface area contributed by atoms with Gasteiger partial charge in [-0.25, -0.2) is 9.97 Å². The number of pyridine rings is 1. The Morgan fingerprint density at radius 1 is 1.47 bits per heavy atom. The minimum absolute atomic E-state index is 0.429. The highest BCUT2D eigenvalue weighted by atomic mass is 35.5. The van der Waals surface area contributed by atoms with Crippen LogP contribution in [0, 0.1) is 0 Å². The summed E-state index contributed by atoms with van der Waals surface area (Å²) in [6.07, 6.45) is 4.50. The van der Waals surface area contributed by atoms with Gasteiger partial charge in [0.25, 0.3) is 0 Å². The molecule has 0 spiro atoms. The van der Waals surface area contributed by atoms with Gasteiger partial charge in [-0.1, -0.05) is 11.6 Å². The van der Waals surface area contributed by atoms with Gasteiger partial charge in [0.2, 0.25) is 0 Å². The van der Waals surface area contributed by atoms with Gasteiger partial charge in [0.05, 0.1) is 5.69 Å². The van der Waals surface area contributed by atoms with Crippen LogP contribution in [0.2, 0.25) is 5.15 Å². The van der Waals surface area contributed by atoms with E-state index in [2.05, 4.69) is 15.3 Å². The molecule has 17 heavy (non-hydrogen) atoms. The fourth-order valence-corrected chi connectivity index (χ4v) is 1.67. The Balaban J connectivity index is 1.94. The zero-order valence-electron chi connectivity index (χ0n) is 9.52. The largest absolute Gasteiger partial charge is 0.396 e. The van der Waals surface area contributed by atoms with Gasteiger partial charge < -0.3 is 15.6 Å². The van der Waals surface area contributed by atoms with Gasteiger partial charge in [-0.3, -0.25) is 0 Å². The minimum Gasteiger partial charge on any atom is -0.396 e. The van der Waals surface area contributed by atoms with Crippen LogP contribution in [0.15, 0.2) is 24.5 Å². The summed E-state index contributed by atoms with van der Waals surface area (Å²) in [5.41, 5.74) is 6.37. The number of hydrogen-bond acceptors (Lipinski definition) is 4. The Hall–Kier alpha value is -1.75. The number of nitrogen functional groups attached to an aromatic ring is 1. The van der Waals surface area contributed by atoms with Crippen LogP contribution in [0.3, 0.4) is 0 Å². The summed E-state index contributed by atoms with van der Waals surface area (Å²) in [5, 5.41) is 3.57. The lowest BCUT2D eigenvalue weighted by atomic mass is 10.3. The first kappa shape index (κ1) is 11.7. The molecule has 0 aliphatic heterocycles. The van der Waals surface area contributed by atoms with E-state index in [0.717, 1.165) is 12.2 Å². The van der Waals surface area contributed by atoms with Crippen molar-refractivity contribution in [3.8, 4) is 0 Å². The molecular formula is C11H14ClN5. The third kappa shape index (κ3) is 2.88. The van der Waals surface area contributed by atoms with Crippen molar-refractivity contribution < 1.29 is 0 Å². The van der Waals surface area contributed by atoms with Gasteiger partial charge in [0.15, 0.2) is 5.82 Å². The molecule has 0 aliphatic carbocycles. The second-order valence-electron chi connectivity index (χ2n) is 3.70. The fraction of sp³-hybridized carbons (Fsp3) is 0.273. The van der Waals surface area contributed by atoms with Crippen molar-refractivity contribution in [1.82, 2.24) is 14.5 Å². The number of nitrogens with zero attached hydrogens (tertiary/aromatic N) is 3.